The van der Waals surface area contributed by atoms with Crippen LogP contribution in [0.15, 0.2) is 83.3 Å². The second-order valence-corrected chi connectivity index (χ2v) is 10.5. The first-order chi connectivity index (χ1) is 17.0. The van der Waals surface area contributed by atoms with Gasteiger partial charge in [0, 0.05) is 23.4 Å². The summed E-state index contributed by atoms with van der Waals surface area (Å²) >= 11 is 3.14. The number of carbonyl (C=O) groups excluding carboxylic acids is 2. The van der Waals surface area contributed by atoms with E-state index in [1.807, 2.05) is 66.3 Å². The molecule has 2 aromatic carbocycles. The molecule has 0 radical (unpaired) electrons. The van der Waals surface area contributed by atoms with Crippen LogP contribution in [0, 0.1) is 13.8 Å². The number of aryl methyl sites for hydroxylation is 2. The summed E-state index contributed by atoms with van der Waals surface area (Å²) in [4.78, 5) is 26.8. The van der Waals surface area contributed by atoms with Crippen molar-refractivity contribution < 1.29 is 18.9 Å². The van der Waals surface area contributed by atoms with Crippen molar-refractivity contribution in [1.29, 1.82) is 0 Å². The number of hydrogen-bond donors (Lipinski definition) is 0. The smallest absolute Gasteiger partial charge is 0.310 e. The number of carbonyl (C=O) groups is 2. The Labute approximate surface area is 214 Å². The molecule has 0 aliphatic heterocycles. The van der Waals surface area contributed by atoms with Gasteiger partial charge in [0.15, 0.2) is 12.4 Å². The highest BCUT2D eigenvalue weighted by Gasteiger charge is 2.31. The van der Waals surface area contributed by atoms with E-state index in [1.165, 1.54) is 22.5 Å². The maximum absolute atomic E-state index is 13.6. The molecule has 0 N–H and O–H groups in total. The Kier molecular flexibility index (Phi) is 8.16. The summed E-state index contributed by atoms with van der Waals surface area (Å²) in [5, 5.41) is 0. The zero-order valence-electron chi connectivity index (χ0n) is 20.1. The topological polar surface area (TPSA) is 47.3 Å². The van der Waals surface area contributed by atoms with Gasteiger partial charge in [-0.15, -0.1) is 23.1 Å². The normalized spacial score (nSPS) is 10.8. The molecule has 0 aliphatic carbocycles. The minimum atomic E-state index is -0.337. The molecule has 0 saturated heterocycles. The molecular formula is C29H28NO3S2+. The van der Waals surface area contributed by atoms with Crippen molar-refractivity contribution in [2.24, 2.45) is 0 Å². The number of esters is 1. The molecule has 0 atom stereocenters. The first-order valence-corrected chi connectivity index (χ1v) is 13.3. The third-order valence-electron chi connectivity index (χ3n) is 5.56. The molecule has 0 aliphatic rings. The van der Waals surface area contributed by atoms with E-state index in [9.17, 15) is 9.59 Å². The van der Waals surface area contributed by atoms with Crippen molar-refractivity contribution in [2.45, 2.75) is 37.2 Å². The number of benzene rings is 2. The zero-order chi connectivity index (χ0) is 24.8. The average Bonchev–Trinajstić information content (AvgIpc) is 3.22. The zero-order valence-corrected chi connectivity index (χ0v) is 21.7. The average molecular weight is 503 g/mol. The molecule has 35 heavy (non-hydrogen) atoms. The highest BCUT2D eigenvalue weighted by molar-refractivity contribution is 8.00. The van der Waals surface area contributed by atoms with E-state index in [1.54, 1.807) is 18.7 Å². The van der Waals surface area contributed by atoms with Gasteiger partial charge >= 0.3 is 5.97 Å². The van der Waals surface area contributed by atoms with Crippen LogP contribution in [0.25, 0.3) is 5.69 Å². The Morgan fingerprint density at radius 2 is 1.57 bits per heavy atom. The van der Waals surface area contributed by atoms with Crippen molar-refractivity contribution in [2.75, 3.05) is 6.61 Å². The fourth-order valence-corrected chi connectivity index (χ4v) is 6.23. The lowest BCUT2D eigenvalue weighted by molar-refractivity contribution is -0.598. The number of thiophene rings is 1. The van der Waals surface area contributed by atoms with E-state index < -0.39 is 0 Å². The van der Waals surface area contributed by atoms with Gasteiger partial charge < -0.3 is 4.74 Å². The summed E-state index contributed by atoms with van der Waals surface area (Å²) in [6.45, 7) is 6.20. The molecule has 4 aromatic rings. The number of hydrogen-bond acceptors (Lipinski definition) is 5. The van der Waals surface area contributed by atoms with Crippen LogP contribution in [0.1, 0.15) is 44.4 Å². The number of ketones is 1. The van der Waals surface area contributed by atoms with Gasteiger partial charge in [-0.25, -0.2) is 0 Å². The Morgan fingerprint density at radius 3 is 2.23 bits per heavy atom. The number of pyridine rings is 1. The Balaban J connectivity index is 1.83. The van der Waals surface area contributed by atoms with E-state index in [2.05, 4.69) is 31.2 Å². The van der Waals surface area contributed by atoms with Crippen LogP contribution in [0.2, 0.25) is 0 Å². The van der Waals surface area contributed by atoms with E-state index in [0.717, 1.165) is 21.2 Å². The molecule has 0 amide bonds. The predicted octanol–water partition coefficient (Wildman–Crippen LogP) is 6.27. The minimum absolute atomic E-state index is 0.0412. The van der Waals surface area contributed by atoms with Crippen LogP contribution in [-0.4, -0.2) is 18.4 Å². The molecule has 0 fully saturated rings. The number of nitrogens with zero attached hydrogens (tertiary/aromatic N) is 1. The summed E-state index contributed by atoms with van der Waals surface area (Å²) in [5.74, 6) is 0.348. The summed E-state index contributed by atoms with van der Waals surface area (Å²) in [6, 6.07) is 21.8. The fourth-order valence-electron chi connectivity index (χ4n) is 3.70. The maximum atomic E-state index is 13.6. The molecule has 178 valence electrons. The molecule has 2 heterocycles. The summed E-state index contributed by atoms with van der Waals surface area (Å²) in [7, 11) is 0. The van der Waals surface area contributed by atoms with Crippen molar-refractivity contribution >= 4 is 34.9 Å². The van der Waals surface area contributed by atoms with Gasteiger partial charge in [0.25, 0.3) is 0 Å². The lowest BCUT2D eigenvalue weighted by Crippen LogP contribution is -2.31. The number of aromatic nitrogens is 1. The number of rotatable bonds is 9. The highest BCUT2D eigenvalue weighted by Crippen LogP contribution is 2.39. The number of ether oxygens (including phenoxy) is 1. The van der Waals surface area contributed by atoms with Crippen LogP contribution in [-0.2, 0) is 21.7 Å². The quantitative estimate of drug-likeness (QED) is 0.117. The van der Waals surface area contributed by atoms with Crippen LogP contribution in [0.3, 0.4) is 0 Å². The van der Waals surface area contributed by atoms with Gasteiger partial charge in [-0.2, -0.15) is 4.57 Å². The summed E-state index contributed by atoms with van der Waals surface area (Å²) < 4.78 is 8.29. The van der Waals surface area contributed by atoms with Gasteiger partial charge in [-0.3, -0.25) is 9.59 Å². The van der Waals surface area contributed by atoms with Gasteiger partial charge in [-0.1, -0.05) is 60.2 Å². The molecule has 4 rings (SSSR count). The molecule has 2 aromatic heterocycles. The van der Waals surface area contributed by atoms with Crippen LogP contribution < -0.4 is 4.57 Å². The van der Waals surface area contributed by atoms with Gasteiger partial charge in [0.05, 0.1) is 23.5 Å². The fraction of sp³-hybridized carbons (Fsp3) is 0.207. The third kappa shape index (κ3) is 6.08. The minimum Gasteiger partial charge on any atom is -0.466 e. The highest BCUT2D eigenvalue weighted by atomic mass is 32.2. The van der Waals surface area contributed by atoms with E-state index in [0.29, 0.717) is 22.6 Å². The van der Waals surface area contributed by atoms with E-state index in [4.69, 9.17) is 4.74 Å². The SMILES string of the molecule is CCOC(=O)Cc1c(C(=O)c2ccccc2)sc(SCc2ccc(C)cc2)c1-[n+]1ccc(C)cc1. The number of thioether (sulfide) groups is 1. The van der Waals surface area contributed by atoms with Crippen molar-refractivity contribution in [1.82, 2.24) is 0 Å². The second-order valence-electron chi connectivity index (χ2n) is 8.28. The Bertz CT molecular complexity index is 1310. The van der Waals surface area contributed by atoms with Crippen molar-refractivity contribution in [3.05, 3.63) is 112 Å². The van der Waals surface area contributed by atoms with Crippen LogP contribution in [0.5, 0.6) is 0 Å². The van der Waals surface area contributed by atoms with Crippen LogP contribution >= 0.6 is 23.1 Å². The summed E-state index contributed by atoms with van der Waals surface area (Å²) in [5.41, 5.74) is 5.75. The largest absolute Gasteiger partial charge is 0.466 e. The molecule has 0 spiro atoms. The van der Waals surface area contributed by atoms with Gasteiger partial charge in [-0.05, 0) is 31.9 Å². The molecular weight excluding hydrogens is 474 g/mol. The Hall–Kier alpha value is -3.22. The predicted molar refractivity (Wildman–Crippen MR) is 142 cm³/mol. The first-order valence-electron chi connectivity index (χ1n) is 11.5. The summed E-state index contributed by atoms with van der Waals surface area (Å²) in [6.07, 6.45) is 4.01. The third-order valence-corrected chi connectivity index (χ3v) is 8.11. The van der Waals surface area contributed by atoms with Crippen molar-refractivity contribution in [3.63, 3.8) is 0 Å². The second kappa shape index (κ2) is 11.5. The van der Waals surface area contributed by atoms with E-state index >= 15 is 0 Å². The molecule has 0 bridgehead atoms. The van der Waals surface area contributed by atoms with Crippen molar-refractivity contribution in [3.8, 4) is 5.69 Å². The standard InChI is InChI=1S/C29H28NO3S2/c1-4-33-25(31)18-24-26(30-16-14-21(3)15-17-30)29(34-19-22-12-10-20(2)11-13-22)35-28(24)27(32)23-8-6-5-7-9-23/h5-17H,4,18-19H2,1-3H3/q+1. The molecule has 6 heteroatoms. The molecule has 0 unspecified atom stereocenters. The molecule has 0 saturated carbocycles. The monoisotopic (exact) mass is 502 g/mol. The Morgan fingerprint density at radius 1 is 0.914 bits per heavy atom. The maximum Gasteiger partial charge on any atom is 0.310 e. The molecule has 4 nitrogen and oxygen atoms in total. The van der Waals surface area contributed by atoms with Gasteiger partial charge in [0.1, 0.15) is 4.21 Å². The van der Waals surface area contributed by atoms with E-state index in [-0.39, 0.29) is 18.2 Å². The lowest BCUT2D eigenvalue weighted by Gasteiger charge is -2.06. The first kappa shape index (κ1) is 24.9. The van der Waals surface area contributed by atoms with Gasteiger partial charge in [0.2, 0.25) is 11.5 Å². The lowest BCUT2D eigenvalue weighted by atomic mass is 10.0. The van der Waals surface area contributed by atoms with Crippen LogP contribution in [0.4, 0.5) is 0 Å².